The summed E-state index contributed by atoms with van der Waals surface area (Å²) in [6.45, 7) is 3.09. The first-order chi connectivity index (χ1) is 8.57. The SMILES string of the molecule is CCC1(C(=O)Nc2ccc(N(C)C)cc2)COC1. The number of amides is 1. The first kappa shape index (κ1) is 12.9. The lowest BCUT2D eigenvalue weighted by Gasteiger charge is -2.38. The van der Waals surface area contributed by atoms with E-state index < -0.39 is 0 Å². The average molecular weight is 248 g/mol. The van der Waals surface area contributed by atoms with Gasteiger partial charge >= 0.3 is 0 Å². The molecule has 1 aliphatic rings. The molecule has 18 heavy (non-hydrogen) atoms. The van der Waals surface area contributed by atoms with Crippen molar-refractivity contribution in [2.24, 2.45) is 5.41 Å². The van der Waals surface area contributed by atoms with Crippen molar-refractivity contribution in [3.05, 3.63) is 24.3 Å². The molecule has 0 atom stereocenters. The number of hydrogen-bond acceptors (Lipinski definition) is 3. The van der Waals surface area contributed by atoms with Gasteiger partial charge in [0.05, 0.1) is 18.6 Å². The summed E-state index contributed by atoms with van der Waals surface area (Å²) in [5.74, 6) is 0.0638. The molecule has 1 saturated heterocycles. The Labute approximate surface area is 108 Å². The molecule has 0 radical (unpaired) electrons. The number of hydrogen-bond donors (Lipinski definition) is 1. The molecular weight excluding hydrogens is 228 g/mol. The van der Waals surface area contributed by atoms with Gasteiger partial charge in [0.2, 0.25) is 5.91 Å². The quantitative estimate of drug-likeness (QED) is 0.887. The highest BCUT2D eigenvalue weighted by Gasteiger charge is 2.44. The molecule has 1 aromatic rings. The summed E-state index contributed by atoms with van der Waals surface area (Å²) in [4.78, 5) is 14.2. The summed E-state index contributed by atoms with van der Waals surface area (Å²) < 4.78 is 5.17. The minimum Gasteiger partial charge on any atom is -0.379 e. The number of carbonyl (C=O) groups is 1. The van der Waals surface area contributed by atoms with Gasteiger partial charge < -0.3 is 15.0 Å². The van der Waals surface area contributed by atoms with Crippen LogP contribution in [-0.4, -0.2) is 33.2 Å². The van der Waals surface area contributed by atoms with Gasteiger partial charge in [-0.2, -0.15) is 0 Å². The van der Waals surface area contributed by atoms with E-state index in [1.54, 1.807) is 0 Å². The van der Waals surface area contributed by atoms with Crippen molar-refractivity contribution in [2.45, 2.75) is 13.3 Å². The second-order valence-electron chi connectivity index (χ2n) is 5.02. The zero-order valence-electron chi connectivity index (χ0n) is 11.2. The van der Waals surface area contributed by atoms with Crippen molar-refractivity contribution in [1.82, 2.24) is 0 Å². The van der Waals surface area contributed by atoms with Crippen LogP contribution in [0.2, 0.25) is 0 Å². The van der Waals surface area contributed by atoms with Crippen LogP contribution in [0.4, 0.5) is 11.4 Å². The molecule has 2 rings (SSSR count). The summed E-state index contributed by atoms with van der Waals surface area (Å²) in [5, 5.41) is 2.96. The first-order valence-electron chi connectivity index (χ1n) is 6.24. The van der Waals surface area contributed by atoms with Gasteiger partial charge in [0.15, 0.2) is 0 Å². The van der Waals surface area contributed by atoms with Crippen LogP contribution in [0, 0.1) is 5.41 Å². The van der Waals surface area contributed by atoms with Crippen molar-refractivity contribution in [3.8, 4) is 0 Å². The minimum absolute atomic E-state index is 0.0638. The lowest BCUT2D eigenvalue weighted by Crippen LogP contribution is -2.51. The highest BCUT2D eigenvalue weighted by Crippen LogP contribution is 2.32. The fourth-order valence-electron chi connectivity index (χ4n) is 1.95. The molecule has 1 fully saturated rings. The van der Waals surface area contributed by atoms with Crippen molar-refractivity contribution in [2.75, 3.05) is 37.5 Å². The van der Waals surface area contributed by atoms with E-state index in [1.165, 1.54) is 0 Å². The standard InChI is InChI=1S/C14H20N2O2/c1-4-14(9-18-10-14)13(17)15-11-5-7-12(8-6-11)16(2)3/h5-8H,4,9-10H2,1-3H3,(H,15,17). The van der Waals surface area contributed by atoms with E-state index in [1.807, 2.05) is 50.2 Å². The van der Waals surface area contributed by atoms with E-state index in [2.05, 4.69) is 5.32 Å². The van der Waals surface area contributed by atoms with Crippen molar-refractivity contribution >= 4 is 17.3 Å². The van der Waals surface area contributed by atoms with Crippen LogP contribution in [0.1, 0.15) is 13.3 Å². The van der Waals surface area contributed by atoms with Gasteiger partial charge in [-0.05, 0) is 30.7 Å². The summed E-state index contributed by atoms with van der Waals surface area (Å²) in [6.07, 6.45) is 0.814. The van der Waals surface area contributed by atoms with E-state index in [0.717, 1.165) is 17.8 Å². The van der Waals surface area contributed by atoms with Crippen LogP contribution in [0.5, 0.6) is 0 Å². The van der Waals surface area contributed by atoms with E-state index >= 15 is 0 Å². The number of carbonyl (C=O) groups excluding carboxylic acids is 1. The molecule has 0 unspecified atom stereocenters. The van der Waals surface area contributed by atoms with Crippen molar-refractivity contribution in [1.29, 1.82) is 0 Å². The Kier molecular flexibility index (Phi) is 3.57. The third-order valence-electron chi connectivity index (χ3n) is 3.56. The lowest BCUT2D eigenvalue weighted by molar-refractivity contribution is -0.156. The van der Waals surface area contributed by atoms with Crippen molar-refractivity contribution < 1.29 is 9.53 Å². The minimum atomic E-state index is -0.319. The Morgan fingerprint density at radius 1 is 1.33 bits per heavy atom. The number of rotatable bonds is 4. The maximum Gasteiger partial charge on any atom is 0.235 e. The molecule has 1 amide bonds. The van der Waals surface area contributed by atoms with Crippen LogP contribution >= 0.6 is 0 Å². The number of nitrogens with one attached hydrogen (secondary N) is 1. The maximum absolute atomic E-state index is 12.2. The second kappa shape index (κ2) is 4.98. The molecular formula is C14H20N2O2. The fraction of sp³-hybridized carbons (Fsp3) is 0.500. The number of anilines is 2. The Morgan fingerprint density at radius 2 is 1.94 bits per heavy atom. The summed E-state index contributed by atoms with van der Waals surface area (Å²) in [5.41, 5.74) is 1.63. The number of ether oxygens (including phenoxy) is 1. The van der Waals surface area contributed by atoms with Crippen LogP contribution in [0.25, 0.3) is 0 Å². The van der Waals surface area contributed by atoms with Crippen molar-refractivity contribution in [3.63, 3.8) is 0 Å². The highest BCUT2D eigenvalue weighted by molar-refractivity contribution is 5.96. The van der Waals surface area contributed by atoms with Crippen LogP contribution in [0.3, 0.4) is 0 Å². The van der Waals surface area contributed by atoms with Gasteiger partial charge in [0, 0.05) is 25.5 Å². The molecule has 0 spiro atoms. The largest absolute Gasteiger partial charge is 0.379 e. The normalized spacial score (nSPS) is 16.8. The van der Waals surface area contributed by atoms with Gasteiger partial charge in [0.25, 0.3) is 0 Å². The fourth-order valence-corrected chi connectivity index (χ4v) is 1.95. The van der Waals surface area contributed by atoms with Gasteiger partial charge in [-0.25, -0.2) is 0 Å². The molecule has 0 aromatic heterocycles. The smallest absolute Gasteiger partial charge is 0.235 e. The molecule has 1 aromatic carbocycles. The molecule has 4 nitrogen and oxygen atoms in total. The lowest BCUT2D eigenvalue weighted by atomic mass is 9.82. The molecule has 0 bridgehead atoms. The van der Waals surface area contributed by atoms with Gasteiger partial charge in [0.1, 0.15) is 0 Å². The highest BCUT2D eigenvalue weighted by atomic mass is 16.5. The predicted octanol–water partition coefficient (Wildman–Crippen LogP) is 2.12. The summed E-state index contributed by atoms with van der Waals surface area (Å²) in [6, 6.07) is 7.84. The Morgan fingerprint density at radius 3 is 2.33 bits per heavy atom. The molecule has 0 aliphatic carbocycles. The molecule has 1 aliphatic heterocycles. The van der Waals surface area contributed by atoms with E-state index in [0.29, 0.717) is 13.2 Å². The monoisotopic (exact) mass is 248 g/mol. The number of nitrogens with zero attached hydrogens (tertiary/aromatic N) is 1. The maximum atomic E-state index is 12.2. The first-order valence-corrected chi connectivity index (χ1v) is 6.24. The topological polar surface area (TPSA) is 41.6 Å². The predicted molar refractivity (Wildman–Crippen MR) is 72.9 cm³/mol. The molecule has 4 heteroatoms. The van der Waals surface area contributed by atoms with Gasteiger partial charge in [-0.1, -0.05) is 6.92 Å². The third kappa shape index (κ3) is 2.34. The Hall–Kier alpha value is -1.55. The average Bonchev–Trinajstić information content (AvgIpc) is 2.29. The Bertz CT molecular complexity index is 416. The molecule has 98 valence electrons. The van der Waals surface area contributed by atoms with E-state index in [4.69, 9.17) is 4.74 Å². The Balaban J connectivity index is 2.03. The zero-order valence-corrected chi connectivity index (χ0v) is 11.2. The summed E-state index contributed by atoms with van der Waals surface area (Å²) >= 11 is 0. The molecule has 0 saturated carbocycles. The van der Waals surface area contributed by atoms with E-state index in [-0.39, 0.29) is 11.3 Å². The van der Waals surface area contributed by atoms with Gasteiger partial charge in [-0.3, -0.25) is 4.79 Å². The van der Waals surface area contributed by atoms with Crippen LogP contribution in [0.15, 0.2) is 24.3 Å². The summed E-state index contributed by atoms with van der Waals surface area (Å²) in [7, 11) is 3.98. The second-order valence-corrected chi connectivity index (χ2v) is 5.02. The molecule has 1 heterocycles. The number of benzene rings is 1. The third-order valence-corrected chi connectivity index (χ3v) is 3.56. The zero-order chi connectivity index (χ0) is 13.2. The van der Waals surface area contributed by atoms with Crippen LogP contribution < -0.4 is 10.2 Å². The molecule has 1 N–H and O–H groups in total. The van der Waals surface area contributed by atoms with Gasteiger partial charge in [-0.15, -0.1) is 0 Å². The van der Waals surface area contributed by atoms with Crippen LogP contribution in [-0.2, 0) is 9.53 Å². The van der Waals surface area contributed by atoms with E-state index in [9.17, 15) is 4.79 Å².